The minimum atomic E-state index is -1.10. The number of carboxylic acids is 6. The first-order valence-corrected chi connectivity index (χ1v) is 24.0. The summed E-state index contributed by atoms with van der Waals surface area (Å²) >= 11 is 0. The van der Waals surface area contributed by atoms with E-state index in [9.17, 15) is 59.4 Å². The predicted molar refractivity (Wildman–Crippen MR) is 302 cm³/mol. The van der Waals surface area contributed by atoms with Gasteiger partial charge in [0.15, 0.2) is 0 Å². The third-order valence-electron chi connectivity index (χ3n) is 11.5. The van der Waals surface area contributed by atoms with Gasteiger partial charge in [0.1, 0.15) is 102 Å². The van der Waals surface area contributed by atoms with Crippen molar-refractivity contribution in [1.82, 2.24) is 29.9 Å². The molecule has 6 aromatic carbocycles. The molecule has 0 amide bonds. The first-order chi connectivity index (χ1) is 40.1. The van der Waals surface area contributed by atoms with Crippen molar-refractivity contribution in [3.05, 3.63) is 216 Å². The van der Waals surface area contributed by atoms with Crippen molar-refractivity contribution in [2.24, 2.45) is 0 Å². The molecule has 0 aliphatic carbocycles. The fourth-order valence-electron chi connectivity index (χ4n) is 7.50. The van der Waals surface area contributed by atoms with Gasteiger partial charge < -0.3 is 61.3 Å². The van der Waals surface area contributed by atoms with Gasteiger partial charge in [0.05, 0.1) is 0 Å². The van der Waals surface area contributed by atoms with Crippen molar-refractivity contribution in [2.45, 2.75) is 0 Å². The summed E-state index contributed by atoms with van der Waals surface area (Å²) in [4.78, 5) is 86.6. The number of phenolic OH excluding ortho intramolecular Hbond substituents is 6. The van der Waals surface area contributed by atoms with Gasteiger partial charge in [0, 0.05) is 53.4 Å². The first kappa shape index (κ1) is 62.3. The molecule has 25 heteroatoms. The number of pyridine rings is 6. The van der Waals surface area contributed by atoms with Gasteiger partial charge in [-0.25, -0.2) is 58.7 Å². The molecule has 12 rings (SSSR count). The minimum absolute atomic E-state index is 0. The van der Waals surface area contributed by atoms with Crippen LogP contribution < -0.4 is 0 Å². The van der Waals surface area contributed by atoms with Crippen LogP contribution in [0.2, 0.25) is 0 Å². The number of hydrogen-bond donors (Lipinski definition) is 12. The fourth-order valence-corrected chi connectivity index (χ4v) is 7.50. The van der Waals surface area contributed by atoms with Crippen molar-refractivity contribution in [2.75, 3.05) is 0 Å². The largest absolute Gasteiger partial charge is 0.506 e. The van der Waals surface area contributed by atoms with Gasteiger partial charge in [-0.1, -0.05) is 109 Å². The summed E-state index contributed by atoms with van der Waals surface area (Å²) in [6, 6.07) is 47.6. The van der Waals surface area contributed by atoms with E-state index in [1.54, 1.807) is 109 Å². The summed E-state index contributed by atoms with van der Waals surface area (Å²) in [6.45, 7) is 0. The van der Waals surface area contributed by atoms with E-state index >= 15 is 0 Å². The summed E-state index contributed by atoms with van der Waals surface area (Å²) < 4.78 is 0. The van der Waals surface area contributed by atoms with Gasteiger partial charge in [0.25, 0.3) is 0 Å². The number of benzene rings is 6. The molecule has 6 aromatic heterocycles. The van der Waals surface area contributed by atoms with Crippen molar-refractivity contribution in [1.29, 1.82) is 0 Å². The number of carboxylic acid groups (broad SMARTS) is 6. The minimum Gasteiger partial charge on any atom is -0.506 e. The zero-order valence-electron chi connectivity index (χ0n) is 43.2. The Bertz CT molecular complexity index is 3790. The Balaban J connectivity index is 0.000000163. The van der Waals surface area contributed by atoms with E-state index in [0.717, 1.165) is 32.3 Å². The van der Waals surface area contributed by atoms with E-state index < -0.39 is 35.8 Å². The topological polar surface area (TPSA) is 423 Å². The molecule has 0 saturated carbocycles. The van der Waals surface area contributed by atoms with E-state index in [1.165, 1.54) is 72.8 Å². The summed E-state index contributed by atoms with van der Waals surface area (Å²) in [5, 5.41) is 113. The zero-order valence-corrected chi connectivity index (χ0v) is 46.2. The van der Waals surface area contributed by atoms with Crippen LogP contribution in [0.25, 0.3) is 65.4 Å². The molecule has 0 aliphatic rings. The Morgan fingerprint density at radius 2 is 0.341 bits per heavy atom. The van der Waals surface area contributed by atoms with Crippen LogP contribution >= 0.6 is 0 Å². The van der Waals surface area contributed by atoms with Gasteiger partial charge in [-0.15, -0.1) is 0 Å². The summed E-state index contributed by atoms with van der Waals surface area (Å²) in [5.74, 6) is -6.66. The van der Waals surface area contributed by atoms with Crippen molar-refractivity contribution >= 4 is 101 Å². The number of nitrogens with zero attached hydrogens (tertiary/aromatic N) is 6. The maximum atomic E-state index is 10.6. The third kappa shape index (κ3) is 15.7. The molecular weight excluding hydrogens is 1280 g/mol. The molecular formula is C60H42N6O18W. The Hall–Kier alpha value is -11.9. The average Bonchev–Trinajstić information content (AvgIpc) is 3.53. The molecule has 0 atom stereocenters. The average molecular weight is 1320 g/mol. The van der Waals surface area contributed by atoms with Crippen LogP contribution in [0.3, 0.4) is 0 Å². The molecule has 426 valence electrons. The Morgan fingerprint density at radius 3 is 0.459 bits per heavy atom. The zero-order chi connectivity index (χ0) is 60.8. The van der Waals surface area contributed by atoms with E-state index in [-0.39, 0.29) is 89.7 Å². The van der Waals surface area contributed by atoms with Crippen molar-refractivity contribution < 1.29 is 111 Å². The predicted octanol–water partition coefficient (Wildman–Crippen LogP) is 9.83. The molecule has 0 spiro atoms. The smallest absolute Gasteiger partial charge is 0.354 e. The number of para-hydroxylation sites is 6. The number of carbonyl (C=O) groups is 6. The van der Waals surface area contributed by atoms with E-state index in [2.05, 4.69) is 29.9 Å². The summed E-state index contributed by atoms with van der Waals surface area (Å²) in [6.07, 6.45) is 0. The molecule has 0 aliphatic heterocycles. The first-order valence-electron chi connectivity index (χ1n) is 24.0. The molecule has 0 saturated heterocycles. The Labute approximate surface area is 490 Å². The van der Waals surface area contributed by atoms with Crippen LogP contribution in [0, 0.1) is 0 Å². The molecule has 12 aromatic rings. The SMILES string of the molecule is O=C(O)c1ccc2cccc(O)c2n1.O=C(O)c1ccc2cccc(O)c2n1.O=C(O)c1ccc2cccc(O)c2n1.O=C(O)c1ccc2cccc(O)c2n1.O=C(O)c1ccc2cccc(O)c2n1.O=C(O)c1ccc2cccc(O)c2n1.[W]. The number of aromatic nitrogens is 6. The normalized spacial score (nSPS) is 10.2. The van der Waals surface area contributed by atoms with Gasteiger partial charge in [-0.2, -0.15) is 0 Å². The quantitative estimate of drug-likeness (QED) is 0.0736. The van der Waals surface area contributed by atoms with Gasteiger partial charge in [0.2, 0.25) is 0 Å². The van der Waals surface area contributed by atoms with Crippen LogP contribution in [0.15, 0.2) is 182 Å². The monoisotopic (exact) mass is 1320 g/mol. The van der Waals surface area contributed by atoms with E-state index in [4.69, 9.17) is 30.6 Å². The fraction of sp³-hybridized carbons (Fsp3) is 0. The molecule has 12 N–H and O–H groups in total. The second kappa shape index (κ2) is 28.0. The van der Waals surface area contributed by atoms with E-state index in [1.807, 2.05) is 0 Å². The van der Waals surface area contributed by atoms with Gasteiger partial charge >= 0.3 is 35.8 Å². The molecule has 85 heavy (non-hydrogen) atoms. The number of aromatic carboxylic acids is 6. The number of aromatic hydroxyl groups is 6. The number of phenols is 6. The molecule has 24 nitrogen and oxygen atoms in total. The molecule has 0 radical (unpaired) electrons. The maximum Gasteiger partial charge on any atom is 0.354 e. The second-order valence-electron chi connectivity index (χ2n) is 17.1. The maximum absolute atomic E-state index is 10.6. The molecule has 0 fully saturated rings. The third-order valence-corrected chi connectivity index (χ3v) is 11.5. The second-order valence-corrected chi connectivity index (χ2v) is 17.1. The van der Waals surface area contributed by atoms with Crippen molar-refractivity contribution in [3.8, 4) is 34.5 Å². The standard InChI is InChI=1S/6C10H7NO3.W/c6*12-8-3-1-2-6-4-5-7(10(13)14)11-9(6)8;/h6*1-5,12H,(H,13,14);. The van der Waals surface area contributed by atoms with Gasteiger partial charge in [-0.3, -0.25) is 0 Å². The summed E-state index contributed by atoms with van der Waals surface area (Å²) in [7, 11) is 0. The number of fused-ring (bicyclic) bond motifs is 6. The molecule has 6 heterocycles. The van der Waals surface area contributed by atoms with Crippen LogP contribution in [0.1, 0.15) is 62.9 Å². The van der Waals surface area contributed by atoms with Crippen LogP contribution in [0.5, 0.6) is 34.5 Å². The van der Waals surface area contributed by atoms with Crippen LogP contribution in [-0.4, -0.2) is 127 Å². The Kier molecular flexibility index (Phi) is 20.5. The van der Waals surface area contributed by atoms with Gasteiger partial charge in [-0.05, 0) is 72.8 Å². The summed E-state index contributed by atoms with van der Waals surface area (Å²) in [5.41, 5.74) is 1.45. The van der Waals surface area contributed by atoms with Crippen LogP contribution in [0.4, 0.5) is 0 Å². The molecule has 0 bridgehead atoms. The van der Waals surface area contributed by atoms with Crippen molar-refractivity contribution in [3.63, 3.8) is 0 Å². The number of hydrogen-bond acceptors (Lipinski definition) is 18. The van der Waals surface area contributed by atoms with E-state index in [0.29, 0.717) is 33.1 Å². The molecule has 0 unspecified atom stereocenters. The Morgan fingerprint density at radius 1 is 0.212 bits per heavy atom. The number of rotatable bonds is 6. The van der Waals surface area contributed by atoms with Crippen LogP contribution in [-0.2, 0) is 21.1 Å².